The van der Waals surface area contributed by atoms with Crippen LogP contribution in [0.25, 0.3) is 11.3 Å². The average Bonchev–Trinajstić information content (AvgIpc) is 3.15. The minimum absolute atomic E-state index is 0.285. The van der Waals surface area contributed by atoms with Crippen LogP contribution in [0.3, 0.4) is 0 Å². The Morgan fingerprint density at radius 1 is 1.18 bits per heavy atom. The first-order valence-corrected chi connectivity index (χ1v) is 9.44. The van der Waals surface area contributed by atoms with E-state index in [-0.39, 0.29) is 6.09 Å². The van der Waals surface area contributed by atoms with Crippen LogP contribution in [0.4, 0.5) is 4.79 Å². The molecule has 8 nitrogen and oxygen atoms in total. The standard InChI is InChI=1S/C20H28N6O2/c1-20(2,3)28-19(27)26-11-9-25(10-12-26)18(21)23-14-17-22-13-16(24-17)15-7-5-4-6-8-15/h4-8,13H,9-12,14H2,1-3H3,(H2,21,23)(H,22,24). The number of hydrogen-bond donors (Lipinski definition) is 2. The lowest BCUT2D eigenvalue weighted by molar-refractivity contribution is 0.0186. The lowest BCUT2D eigenvalue weighted by Crippen LogP contribution is -2.53. The zero-order chi connectivity index (χ0) is 20.1. The fourth-order valence-electron chi connectivity index (χ4n) is 2.91. The van der Waals surface area contributed by atoms with Crippen LogP contribution in [-0.4, -0.2) is 63.6 Å². The lowest BCUT2D eigenvalue weighted by Gasteiger charge is -2.36. The summed E-state index contributed by atoms with van der Waals surface area (Å²) in [5, 5.41) is 0. The van der Waals surface area contributed by atoms with E-state index in [1.807, 2.05) is 56.0 Å². The maximum Gasteiger partial charge on any atom is 0.410 e. The molecule has 0 bridgehead atoms. The van der Waals surface area contributed by atoms with Gasteiger partial charge in [-0.15, -0.1) is 0 Å². The summed E-state index contributed by atoms with van der Waals surface area (Å²) in [5.74, 6) is 1.22. The maximum atomic E-state index is 12.1. The Balaban J connectivity index is 1.51. The van der Waals surface area contributed by atoms with Crippen LogP contribution in [0.15, 0.2) is 41.5 Å². The van der Waals surface area contributed by atoms with Crippen molar-refractivity contribution in [1.29, 1.82) is 0 Å². The van der Waals surface area contributed by atoms with E-state index in [0.29, 0.717) is 38.7 Å². The van der Waals surface area contributed by atoms with Crippen molar-refractivity contribution in [2.45, 2.75) is 32.9 Å². The molecule has 0 spiro atoms. The monoisotopic (exact) mass is 384 g/mol. The van der Waals surface area contributed by atoms with Gasteiger partial charge in [-0.3, -0.25) is 0 Å². The molecule has 1 amide bonds. The van der Waals surface area contributed by atoms with E-state index in [9.17, 15) is 4.79 Å². The van der Waals surface area contributed by atoms with Gasteiger partial charge in [-0.2, -0.15) is 0 Å². The van der Waals surface area contributed by atoms with Gasteiger partial charge in [-0.1, -0.05) is 30.3 Å². The Bertz CT molecular complexity index is 817. The van der Waals surface area contributed by atoms with E-state index in [0.717, 1.165) is 17.1 Å². The number of rotatable bonds is 3. The summed E-state index contributed by atoms with van der Waals surface area (Å²) >= 11 is 0. The fraction of sp³-hybridized carbons (Fsp3) is 0.450. The minimum Gasteiger partial charge on any atom is -0.444 e. The summed E-state index contributed by atoms with van der Waals surface area (Å²) in [4.78, 5) is 27.9. The zero-order valence-corrected chi connectivity index (χ0v) is 16.7. The van der Waals surface area contributed by atoms with Gasteiger partial charge in [0.15, 0.2) is 5.96 Å². The number of piperazine rings is 1. The second kappa shape index (κ2) is 8.33. The molecule has 1 aliphatic rings. The number of aromatic amines is 1. The molecule has 3 rings (SSSR count). The molecule has 0 radical (unpaired) electrons. The number of nitrogens with one attached hydrogen (secondary N) is 1. The van der Waals surface area contributed by atoms with E-state index < -0.39 is 5.60 Å². The van der Waals surface area contributed by atoms with E-state index in [4.69, 9.17) is 10.5 Å². The molecule has 0 saturated carbocycles. The quantitative estimate of drug-likeness (QED) is 0.625. The molecule has 1 fully saturated rings. The number of carbonyl (C=O) groups is 1. The number of imidazole rings is 1. The summed E-state index contributed by atoms with van der Waals surface area (Å²) in [6.45, 7) is 8.35. The summed E-state index contributed by atoms with van der Waals surface area (Å²) < 4.78 is 5.41. The Kier molecular flexibility index (Phi) is 5.87. The molecule has 0 unspecified atom stereocenters. The van der Waals surface area contributed by atoms with Crippen LogP contribution in [0.1, 0.15) is 26.6 Å². The summed E-state index contributed by atoms with van der Waals surface area (Å²) in [6, 6.07) is 10.0. The van der Waals surface area contributed by atoms with Crippen LogP contribution >= 0.6 is 0 Å². The van der Waals surface area contributed by atoms with Gasteiger partial charge in [0.2, 0.25) is 0 Å². The van der Waals surface area contributed by atoms with Crippen molar-refractivity contribution in [3.05, 3.63) is 42.4 Å². The largest absolute Gasteiger partial charge is 0.444 e. The molecule has 8 heteroatoms. The molecule has 1 aromatic carbocycles. The number of benzene rings is 1. The van der Waals surface area contributed by atoms with E-state index in [1.54, 1.807) is 11.1 Å². The van der Waals surface area contributed by atoms with Crippen LogP contribution < -0.4 is 5.73 Å². The number of guanidine groups is 1. The Labute approximate surface area is 165 Å². The number of carbonyl (C=O) groups excluding carboxylic acids is 1. The molecule has 1 aliphatic heterocycles. The highest BCUT2D eigenvalue weighted by molar-refractivity contribution is 5.78. The third-order valence-electron chi connectivity index (χ3n) is 4.36. The number of H-pyrrole nitrogens is 1. The molecule has 3 N–H and O–H groups in total. The zero-order valence-electron chi connectivity index (χ0n) is 16.7. The molecule has 0 aliphatic carbocycles. The molecular formula is C20H28N6O2. The van der Waals surface area contributed by atoms with Gasteiger partial charge in [0.1, 0.15) is 18.0 Å². The minimum atomic E-state index is -0.490. The van der Waals surface area contributed by atoms with Gasteiger partial charge < -0.3 is 25.3 Å². The van der Waals surface area contributed by atoms with Gasteiger partial charge in [0.25, 0.3) is 0 Å². The first-order valence-electron chi connectivity index (χ1n) is 9.44. The summed E-state index contributed by atoms with van der Waals surface area (Å²) in [5.41, 5.74) is 7.68. The smallest absolute Gasteiger partial charge is 0.410 e. The highest BCUT2D eigenvalue weighted by Crippen LogP contribution is 2.16. The van der Waals surface area contributed by atoms with Crippen molar-refractivity contribution in [1.82, 2.24) is 19.8 Å². The lowest BCUT2D eigenvalue weighted by atomic mass is 10.2. The Hall–Kier alpha value is -3.03. The topological polar surface area (TPSA) is 99.8 Å². The second-order valence-electron chi connectivity index (χ2n) is 7.74. The van der Waals surface area contributed by atoms with E-state index in [2.05, 4.69) is 15.0 Å². The van der Waals surface area contributed by atoms with E-state index >= 15 is 0 Å². The van der Waals surface area contributed by atoms with Crippen LogP contribution in [0, 0.1) is 0 Å². The number of nitrogens with two attached hydrogens (primary N) is 1. The number of nitrogens with zero attached hydrogens (tertiary/aromatic N) is 4. The molecule has 1 aromatic heterocycles. The Morgan fingerprint density at radius 2 is 1.82 bits per heavy atom. The molecule has 1 saturated heterocycles. The van der Waals surface area contributed by atoms with Crippen molar-refractivity contribution in [3.63, 3.8) is 0 Å². The molecule has 0 atom stereocenters. The van der Waals surface area contributed by atoms with Crippen molar-refractivity contribution in [2.24, 2.45) is 10.7 Å². The molecule has 2 heterocycles. The molecule has 28 heavy (non-hydrogen) atoms. The van der Waals surface area contributed by atoms with Crippen molar-refractivity contribution in [3.8, 4) is 11.3 Å². The van der Waals surface area contributed by atoms with Crippen molar-refractivity contribution in [2.75, 3.05) is 26.2 Å². The van der Waals surface area contributed by atoms with Gasteiger partial charge in [0, 0.05) is 26.2 Å². The maximum absolute atomic E-state index is 12.1. The van der Waals surface area contributed by atoms with E-state index in [1.165, 1.54) is 0 Å². The van der Waals surface area contributed by atoms with Gasteiger partial charge in [-0.25, -0.2) is 14.8 Å². The number of amides is 1. The number of aliphatic imine (C=N–C) groups is 1. The van der Waals surface area contributed by atoms with Crippen molar-refractivity contribution < 1.29 is 9.53 Å². The van der Waals surface area contributed by atoms with Gasteiger partial charge in [0.05, 0.1) is 11.9 Å². The van der Waals surface area contributed by atoms with Crippen molar-refractivity contribution >= 4 is 12.1 Å². The van der Waals surface area contributed by atoms with Gasteiger partial charge >= 0.3 is 6.09 Å². The fourth-order valence-corrected chi connectivity index (χ4v) is 2.91. The number of hydrogen-bond acceptors (Lipinski definition) is 4. The van der Waals surface area contributed by atoms with Crippen LogP contribution in [0.5, 0.6) is 0 Å². The summed E-state index contributed by atoms with van der Waals surface area (Å²) in [7, 11) is 0. The van der Waals surface area contributed by atoms with Crippen LogP contribution in [-0.2, 0) is 11.3 Å². The SMILES string of the molecule is CC(C)(C)OC(=O)N1CCN(C(N)=NCc2ncc(-c3ccccc3)[nH]2)CC1. The molecular weight excluding hydrogens is 356 g/mol. The first-order chi connectivity index (χ1) is 13.3. The number of aromatic nitrogens is 2. The van der Waals surface area contributed by atoms with Crippen LogP contribution in [0.2, 0.25) is 0 Å². The third-order valence-corrected chi connectivity index (χ3v) is 4.36. The average molecular weight is 384 g/mol. The predicted molar refractivity (Wildman–Crippen MR) is 109 cm³/mol. The second-order valence-corrected chi connectivity index (χ2v) is 7.74. The highest BCUT2D eigenvalue weighted by atomic mass is 16.6. The van der Waals surface area contributed by atoms with Gasteiger partial charge in [-0.05, 0) is 26.3 Å². The highest BCUT2D eigenvalue weighted by Gasteiger charge is 2.26. The molecule has 2 aromatic rings. The Morgan fingerprint density at radius 3 is 2.46 bits per heavy atom. The first kappa shape index (κ1) is 19.7. The summed E-state index contributed by atoms with van der Waals surface area (Å²) in [6.07, 6.45) is 1.52. The predicted octanol–water partition coefficient (Wildman–Crippen LogP) is 2.44. The normalized spacial score (nSPS) is 15.6. The molecule has 150 valence electrons. The third kappa shape index (κ3) is 5.25. The number of ether oxygens (including phenoxy) is 1.